The zero-order valence-corrected chi connectivity index (χ0v) is 19.9. The van der Waals surface area contributed by atoms with E-state index >= 15 is 0 Å². The molecule has 8 heteroatoms. The number of benzene rings is 2. The predicted octanol–water partition coefficient (Wildman–Crippen LogP) is 5.88. The molecule has 5 rings (SSSR count). The molecule has 3 N–H and O–H groups in total. The number of anilines is 2. The summed E-state index contributed by atoms with van der Waals surface area (Å²) in [6, 6.07) is 20.7. The summed E-state index contributed by atoms with van der Waals surface area (Å²) in [5, 5.41) is 3.63. The van der Waals surface area contributed by atoms with Crippen LogP contribution in [0.4, 0.5) is 11.4 Å². The summed E-state index contributed by atoms with van der Waals surface area (Å²) >= 11 is 1.26. The molecule has 7 nitrogen and oxygen atoms in total. The lowest BCUT2D eigenvalue weighted by Gasteiger charge is -2.12. The number of fused-ring (bicyclic) bond motifs is 1. The standard InChI is InChI=1S/C27H22N4O3S/c1-33-21-11-10-16(13-22(21)34-2)19-14-20(17-7-6-12-29-15-17)31-27-23(19)24(28)25(35-27)26(32)30-18-8-4-3-5-9-18/h3-15H,28H2,1-2H3,(H,30,32). The first-order valence-electron chi connectivity index (χ1n) is 10.8. The minimum atomic E-state index is -0.280. The topological polar surface area (TPSA) is 99.4 Å². The summed E-state index contributed by atoms with van der Waals surface area (Å²) in [5.41, 5.74) is 10.9. The van der Waals surface area contributed by atoms with E-state index in [-0.39, 0.29) is 5.91 Å². The third-order valence-corrected chi connectivity index (χ3v) is 6.69. The molecule has 0 saturated heterocycles. The van der Waals surface area contributed by atoms with Gasteiger partial charge in [-0.1, -0.05) is 24.3 Å². The normalized spacial score (nSPS) is 10.8. The van der Waals surface area contributed by atoms with Gasteiger partial charge in [0.1, 0.15) is 9.71 Å². The summed E-state index contributed by atoms with van der Waals surface area (Å²) in [7, 11) is 3.19. The lowest BCUT2D eigenvalue weighted by molar-refractivity contribution is 0.103. The number of nitrogens with one attached hydrogen (secondary N) is 1. The number of nitrogen functional groups attached to an aromatic ring is 1. The van der Waals surface area contributed by atoms with Crippen LogP contribution in [0.15, 0.2) is 79.1 Å². The molecule has 3 aromatic heterocycles. The summed E-state index contributed by atoms with van der Waals surface area (Å²) in [6.07, 6.45) is 3.47. The van der Waals surface area contributed by atoms with Gasteiger partial charge in [-0.15, -0.1) is 11.3 Å². The lowest BCUT2D eigenvalue weighted by Crippen LogP contribution is -2.11. The number of hydrogen-bond donors (Lipinski definition) is 2. The predicted molar refractivity (Wildman–Crippen MR) is 140 cm³/mol. The van der Waals surface area contributed by atoms with Crippen LogP contribution in [-0.4, -0.2) is 30.1 Å². The maximum atomic E-state index is 13.1. The number of carbonyl (C=O) groups excluding carboxylic acids is 1. The molecule has 174 valence electrons. The Bertz CT molecular complexity index is 1520. The van der Waals surface area contributed by atoms with Crippen molar-refractivity contribution in [1.82, 2.24) is 9.97 Å². The Balaban J connectivity index is 1.70. The number of pyridine rings is 2. The van der Waals surface area contributed by atoms with Gasteiger partial charge in [-0.3, -0.25) is 9.78 Å². The van der Waals surface area contributed by atoms with Gasteiger partial charge in [-0.2, -0.15) is 0 Å². The van der Waals surface area contributed by atoms with Crippen molar-refractivity contribution in [2.75, 3.05) is 25.3 Å². The van der Waals surface area contributed by atoms with Crippen molar-refractivity contribution in [2.45, 2.75) is 0 Å². The van der Waals surface area contributed by atoms with Crippen molar-refractivity contribution in [3.63, 3.8) is 0 Å². The minimum Gasteiger partial charge on any atom is -0.493 e. The van der Waals surface area contributed by atoms with Gasteiger partial charge >= 0.3 is 0 Å². The van der Waals surface area contributed by atoms with Crippen LogP contribution < -0.4 is 20.5 Å². The number of hydrogen-bond acceptors (Lipinski definition) is 7. The Morgan fingerprint density at radius 1 is 0.943 bits per heavy atom. The highest BCUT2D eigenvalue weighted by molar-refractivity contribution is 7.21. The van der Waals surface area contributed by atoms with Gasteiger partial charge < -0.3 is 20.5 Å². The molecule has 0 unspecified atom stereocenters. The molecule has 1 amide bonds. The molecule has 0 aliphatic heterocycles. The Kier molecular flexibility index (Phi) is 6.03. The number of carbonyl (C=O) groups is 1. The highest BCUT2D eigenvalue weighted by Gasteiger charge is 2.22. The first kappa shape index (κ1) is 22.4. The second-order valence-electron chi connectivity index (χ2n) is 7.71. The van der Waals surface area contributed by atoms with E-state index in [1.165, 1.54) is 11.3 Å². The van der Waals surface area contributed by atoms with Gasteiger partial charge in [-0.25, -0.2) is 4.98 Å². The molecule has 0 spiro atoms. The number of rotatable bonds is 6. The van der Waals surface area contributed by atoms with Crippen molar-refractivity contribution in [1.29, 1.82) is 0 Å². The molecule has 0 saturated carbocycles. The summed E-state index contributed by atoms with van der Waals surface area (Å²) < 4.78 is 10.9. The van der Waals surface area contributed by atoms with E-state index in [1.807, 2.05) is 66.7 Å². The molecule has 0 aliphatic carbocycles. The molecular weight excluding hydrogens is 460 g/mol. The molecule has 5 aromatic rings. The maximum Gasteiger partial charge on any atom is 0.267 e. The van der Waals surface area contributed by atoms with E-state index in [0.29, 0.717) is 38.0 Å². The van der Waals surface area contributed by atoms with Gasteiger partial charge in [0, 0.05) is 29.0 Å². The van der Waals surface area contributed by atoms with E-state index < -0.39 is 0 Å². The number of nitrogens with zero attached hydrogens (tertiary/aromatic N) is 2. The molecule has 2 aromatic carbocycles. The van der Waals surface area contributed by atoms with Crippen LogP contribution in [0.5, 0.6) is 11.5 Å². The Morgan fingerprint density at radius 3 is 2.46 bits per heavy atom. The zero-order valence-electron chi connectivity index (χ0n) is 19.1. The number of amides is 1. The number of methoxy groups -OCH3 is 2. The SMILES string of the molecule is COc1ccc(-c2cc(-c3cccnc3)nc3sc(C(=O)Nc4ccccc4)c(N)c23)cc1OC. The number of aromatic nitrogens is 2. The average Bonchev–Trinajstić information content (AvgIpc) is 3.25. The Morgan fingerprint density at radius 2 is 1.74 bits per heavy atom. The number of para-hydroxylation sites is 1. The van der Waals surface area contributed by atoms with Crippen molar-refractivity contribution in [3.05, 3.63) is 84.0 Å². The van der Waals surface area contributed by atoms with Crippen LogP contribution in [0.25, 0.3) is 32.6 Å². The molecule has 35 heavy (non-hydrogen) atoms. The second kappa shape index (κ2) is 9.44. The summed E-state index contributed by atoms with van der Waals surface area (Å²) in [4.78, 5) is 23.3. The van der Waals surface area contributed by atoms with Crippen LogP contribution in [0.2, 0.25) is 0 Å². The van der Waals surface area contributed by atoms with E-state index in [0.717, 1.165) is 22.4 Å². The van der Waals surface area contributed by atoms with Crippen LogP contribution in [-0.2, 0) is 0 Å². The van der Waals surface area contributed by atoms with Gasteiger partial charge in [0.15, 0.2) is 11.5 Å². The van der Waals surface area contributed by atoms with E-state index in [1.54, 1.807) is 26.6 Å². The fourth-order valence-electron chi connectivity index (χ4n) is 3.89. The van der Waals surface area contributed by atoms with Crippen LogP contribution >= 0.6 is 11.3 Å². The third kappa shape index (κ3) is 4.27. The summed E-state index contributed by atoms with van der Waals surface area (Å²) in [5.74, 6) is 0.932. The highest BCUT2D eigenvalue weighted by atomic mass is 32.1. The summed E-state index contributed by atoms with van der Waals surface area (Å²) in [6.45, 7) is 0. The van der Waals surface area contributed by atoms with Gasteiger partial charge in [0.05, 0.1) is 25.6 Å². The molecule has 0 radical (unpaired) electrons. The smallest absolute Gasteiger partial charge is 0.267 e. The average molecular weight is 483 g/mol. The van der Waals surface area contributed by atoms with Crippen molar-refractivity contribution >= 4 is 38.8 Å². The molecule has 0 aliphatic rings. The monoisotopic (exact) mass is 482 g/mol. The maximum absolute atomic E-state index is 13.1. The number of thiophene rings is 1. The van der Waals surface area contributed by atoms with Gasteiger partial charge in [-0.05, 0) is 53.6 Å². The Labute approximate surface area is 206 Å². The molecule has 0 fully saturated rings. The van der Waals surface area contributed by atoms with Crippen molar-refractivity contribution < 1.29 is 14.3 Å². The molecular formula is C27H22N4O3S. The van der Waals surface area contributed by atoms with E-state index in [9.17, 15) is 4.79 Å². The van der Waals surface area contributed by atoms with E-state index in [2.05, 4.69) is 10.3 Å². The molecule has 0 atom stereocenters. The minimum absolute atomic E-state index is 0.280. The van der Waals surface area contributed by atoms with Crippen LogP contribution in [0.3, 0.4) is 0 Å². The van der Waals surface area contributed by atoms with Crippen LogP contribution in [0, 0.1) is 0 Å². The number of nitrogens with two attached hydrogens (primary N) is 1. The quantitative estimate of drug-likeness (QED) is 0.314. The Hall–Kier alpha value is -4.43. The molecule has 3 heterocycles. The fraction of sp³-hybridized carbons (Fsp3) is 0.0741. The second-order valence-corrected chi connectivity index (χ2v) is 8.71. The first-order chi connectivity index (χ1) is 17.1. The van der Waals surface area contributed by atoms with Crippen molar-refractivity contribution in [3.8, 4) is 33.9 Å². The highest BCUT2D eigenvalue weighted by Crippen LogP contribution is 2.43. The largest absolute Gasteiger partial charge is 0.493 e. The van der Waals surface area contributed by atoms with Crippen molar-refractivity contribution in [2.24, 2.45) is 0 Å². The van der Waals surface area contributed by atoms with E-state index in [4.69, 9.17) is 20.2 Å². The molecule has 0 bridgehead atoms. The lowest BCUT2D eigenvalue weighted by atomic mass is 9.99. The van der Waals surface area contributed by atoms with Crippen LogP contribution in [0.1, 0.15) is 9.67 Å². The first-order valence-corrected chi connectivity index (χ1v) is 11.6. The number of ether oxygens (including phenoxy) is 2. The fourth-order valence-corrected chi connectivity index (χ4v) is 4.91. The van der Waals surface area contributed by atoms with Gasteiger partial charge in [0.2, 0.25) is 0 Å². The zero-order chi connectivity index (χ0) is 24.4. The third-order valence-electron chi connectivity index (χ3n) is 5.59. The van der Waals surface area contributed by atoms with Gasteiger partial charge in [0.25, 0.3) is 5.91 Å².